The standard InChI is InChI=1S/C23H28N2O2/c1-5-16-10-12-18(13-11-16)25-15-17(14-21(25)26)22(27)24-20-9-7-6-8-19(20)23(2,3)4/h6-13,17H,5,14-15H2,1-4H3,(H,24,27)/t17-/m0/s1. The van der Waals surface area contributed by atoms with Gasteiger partial charge < -0.3 is 10.2 Å². The fourth-order valence-electron chi connectivity index (χ4n) is 3.53. The van der Waals surface area contributed by atoms with Gasteiger partial charge in [0.2, 0.25) is 11.8 Å². The van der Waals surface area contributed by atoms with Gasteiger partial charge in [-0.25, -0.2) is 0 Å². The maximum atomic E-state index is 12.8. The highest BCUT2D eigenvalue weighted by Crippen LogP contribution is 2.31. The Bertz CT molecular complexity index is 834. The molecule has 0 bridgehead atoms. The SMILES string of the molecule is CCc1ccc(N2C[C@@H](C(=O)Nc3ccccc3C(C)(C)C)CC2=O)cc1. The molecule has 0 aromatic heterocycles. The largest absolute Gasteiger partial charge is 0.326 e. The smallest absolute Gasteiger partial charge is 0.229 e. The van der Waals surface area contributed by atoms with Crippen molar-refractivity contribution in [2.45, 2.75) is 46.0 Å². The van der Waals surface area contributed by atoms with Gasteiger partial charge in [0, 0.05) is 24.3 Å². The lowest BCUT2D eigenvalue weighted by Crippen LogP contribution is -2.28. The second-order valence-electron chi connectivity index (χ2n) is 8.21. The van der Waals surface area contributed by atoms with Crippen molar-refractivity contribution in [3.05, 3.63) is 59.7 Å². The first-order valence-corrected chi connectivity index (χ1v) is 9.59. The van der Waals surface area contributed by atoms with Crippen LogP contribution < -0.4 is 10.2 Å². The van der Waals surface area contributed by atoms with Gasteiger partial charge in [0.15, 0.2) is 0 Å². The molecule has 2 aromatic rings. The van der Waals surface area contributed by atoms with Crippen LogP contribution in [0.3, 0.4) is 0 Å². The van der Waals surface area contributed by atoms with Crippen LogP contribution in [-0.4, -0.2) is 18.4 Å². The van der Waals surface area contributed by atoms with Gasteiger partial charge >= 0.3 is 0 Å². The van der Waals surface area contributed by atoms with E-state index in [1.807, 2.05) is 48.5 Å². The average Bonchev–Trinajstić information content (AvgIpc) is 3.03. The lowest BCUT2D eigenvalue weighted by atomic mass is 9.85. The number of amides is 2. The number of rotatable bonds is 4. The minimum absolute atomic E-state index is 0.00325. The van der Waals surface area contributed by atoms with E-state index in [9.17, 15) is 9.59 Å². The second kappa shape index (κ2) is 7.55. The Morgan fingerprint density at radius 3 is 2.41 bits per heavy atom. The molecule has 0 saturated carbocycles. The van der Waals surface area contributed by atoms with Gasteiger partial charge in [-0.1, -0.05) is 58.0 Å². The number of carbonyl (C=O) groups is 2. The lowest BCUT2D eigenvalue weighted by Gasteiger charge is -2.23. The Labute approximate surface area is 161 Å². The van der Waals surface area contributed by atoms with Crippen LogP contribution in [0.5, 0.6) is 0 Å². The first-order chi connectivity index (χ1) is 12.8. The summed E-state index contributed by atoms with van der Waals surface area (Å²) in [7, 11) is 0. The van der Waals surface area contributed by atoms with E-state index < -0.39 is 0 Å². The van der Waals surface area contributed by atoms with Gasteiger partial charge in [-0.15, -0.1) is 0 Å². The Morgan fingerprint density at radius 1 is 1.11 bits per heavy atom. The van der Waals surface area contributed by atoms with Crippen LogP contribution in [0.15, 0.2) is 48.5 Å². The summed E-state index contributed by atoms with van der Waals surface area (Å²) in [5.74, 6) is -0.424. The molecule has 1 saturated heterocycles. The molecule has 27 heavy (non-hydrogen) atoms. The predicted octanol–water partition coefficient (Wildman–Crippen LogP) is 4.54. The van der Waals surface area contributed by atoms with E-state index in [0.717, 1.165) is 23.4 Å². The molecule has 4 heteroatoms. The quantitative estimate of drug-likeness (QED) is 0.866. The Hall–Kier alpha value is -2.62. The van der Waals surface area contributed by atoms with Crippen molar-refractivity contribution in [2.24, 2.45) is 5.92 Å². The van der Waals surface area contributed by atoms with Crippen molar-refractivity contribution in [3.63, 3.8) is 0 Å². The third kappa shape index (κ3) is 4.21. The topological polar surface area (TPSA) is 49.4 Å². The van der Waals surface area contributed by atoms with Crippen LogP contribution in [0.4, 0.5) is 11.4 Å². The molecule has 1 N–H and O–H groups in total. The normalized spacial score (nSPS) is 17.3. The molecule has 1 atom stereocenters. The maximum absolute atomic E-state index is 12.8. The molecule has 1 heterocycles. The number of aryl methyl sites for hydroxylation is 1. The number of hydrogen-bond donors (Lipinski definition) is 1. The predicted molar refractivity (Wildman–Crippen MR) is 110 cm³/mol. The first kappa shape index (κ1) is 19.2. The summed E-state index contributed by atoms with van der Waals surface area (Å²) in [4.78, 5) is 27.0. The van der Waals surface area contributed by atoms with Crippen molar-refractivity contribution in [2.75, 3.05) is 16.8 Å². The Balaban J connectivity index is 1.73. The second-order valence-corrected chi connectivity index (χ2v) is 8.21. The molecule has 0 radical (unpaired) electrons. The van der Waals surface area contributed by atoms with Crippen molar-refractivity contribution >= 4 is 23.2 Å². The zero-order valence-electron chi connectivity index (χ0n) is 16.6. The minimum atomic E-state index is -0.337. The zero-order chi connectivity index (χ0) is 19.6. The third-order valence-electron chi connectivity index (χ3n) is 5.15. The summed E-state index contributed by atoms with van der Waals surface area (Å²) in [6, 6.07) is 15.9. The average molecular weight is 364 g/mol. The van der Waals surface area contributed by atoms with Gasteiger partial charge in [-0.05, 0) is 41.2 Å². The van der Waals surface area contributed by atoms with E-state index in [4.69, 9.17) is 0 Å². The summed E-state index contributed by atoms with van der Waals surface area (Å²) < 4.78 is 0. The molecular formula is C23H28N2O2. The van der Waals surface area contributed by atoms with E-state index in [2.05, 4.69) is 33.0 Å². The third-order valence-corrected chi connectivity index (χ3v) is 5.15. The number of anilines is 2. The molecule has 2 amide bonds. The van der Waals surface area contributed by atoms with Crippen molar-refractivity contribution in [1.82, 2.24) is 0 Å². The number of nitrogens with zero attached hydrogens (tertiary/aromatic N) is 1. The van der Waals surface area contributed by atoms with E-state index in [1.54, 1.807) is 4.90 Å². The lowest BCUT2D eigenvalue weighted by molar-refractivity contribution is -0.122. The van der Waals surface area contributed by atoms with E-state index in [1.165, 1.54) is 5.56 Å². The number of para-hydroxylation sites is 1. The van der Waals surface area contributed by atoms with Crippen LogP contribution in [0.25, 0.3) is 0 Å². The molecule has 0 spiro atoms. The summed E-state index contributed by atoms with van der Waals surface area (Å²) in [5.41, 5.74) is 3.95. The zero-order valence-corrected chi connectivity index (χ0v) is 16.6. The molecule has 4 nitrogen and oxygen atoms in total. The highest BCUT2D eigenvalue weighted by molar-refractivity contribution is 6.03. The number of carbonyl (C=O) groups excluding carboxylic acids is 2. The molecule has 142 valence electrons. The monoisotopic (exact) mass is 364 g/mol. The molecule has 1 aliphatic heterocycles. The van der Waals surface area contributed by atoms with E-state index in [-0.39, 0.29) is 29.6 Å². The highest BCUT2D eigenvalue weighted by Gasteiger charge is 2.35. The van der Waals surface area contributed by atoms with Gasteiger partial charge in [-0.2, -0.15) is 0 Å². The summed E-state index contributed by atoms with van der Waals surface area (Å²) >= 11 is 0. The van der Waals surface area contributed by atoms with Crippen LogP contribution >= 0.6 is 0 Å². The molecular weight excluding hydrogens is 336 g/mol. The number of hydrogen-bond acceptors (Lipinski definition) is 2. The van der Waals surface area contributed by atoms with Gasteiger partial charge in [0.05, 0.1) is 5.92 Å². The molecule has 3 rings (SSSR count). The van der Waals surface area contributed by atoms with Gasteiger partial charge in [0.25, 0.3) is 0 Å². The van der Waals surface area contributed by atoms with Gasteiger partial charge in [-0.3, -0.25) is 9.59 Å². The fraction of sp³-hybridized carbons (Fsp3) is 0.391. The van der Waals surface area contributed by atoms with Gasteiger partial charge in [0.1, 0.15) is 0 Å². The minimum Gasteiger partial charge on any atom is -0.326 e. The first-order valence-electron chi connectivity index (χ1n) is 9.59. The summed E-state index contributed by atoms with van der Waals surface area (Å²) in [6.45, 7) is 8.90. The summed E-state index contributed by atoms with van der Waals surface area (Å²) in [6.07, 6.45) is 1.21. The molecule has 0 aliphatic carbocycles. The van der Waals surface area contributed by atoms with Crippen molar-refractivity contribution < 1.29 is 9.59 Å². The number of benzene rings is 2. The molecule has 1 fully saturated rings. The Kier molecular flexibility index (Phi) is 5.36. The van der Waals surface area contributed by atoms with Crippen molar-refractivity contribution in [1.29, 1.82) is 0 Å². The van der Waals surface area contributed by atoms with E-state index >= 15 is 0 Å². The maximum Gasteiger partial charge on any atom is 0.229 e. The van der Waals surface area contributed by atoms with Crippen LogP contribution in [0.1, 0.15) is 45.2 Å². The Morgan fingerprint density at radius 2 is 1.78 bits per heavy atom. The fourth-order valence-corrected chi connectivity index (χ4v) is 3.53. The van der Waals surface area contributed by atoms with E-state index in [0.29, 0.717) is 6.54 Å². The molecule has 2 aromatic carbocycles. The molecule has 0 unspecified atom stereocenters. The van der Waals surface area contributed by atoms with Crippen LogP contribution in [0.2, 0.25) is 0 Å². The van der Waals surface area contributed by atoms with Crippen molar-refractivity contribution in [3.8, 4) is 0 Å². The van der Waals surface area contributed by atoms with Crippen LogP contribution in [0, 0.1) is 5.92 Å². The number of nitrogens with one attached hydrogen (secondary N) is 1. The molecule has 1 aliphatic rings. The van der Waals surface area contributed by atoms with Crippen LogP contribution in [-0.2, 0) is 21.4 Å². The summed E-state index contributed by atoms with van der Waals surface area (Å²) in [5, 5.41) is 3.05. The highest BCUT2D eigenvalue weighted by atomic mass is 16.2.